The quantitative estimate of drug-likeness (QED) is 0.774. The third-order valence-corrected chi connectivity index (χ3v) is 4.45. The van der Waals surface area contributed by atoms with E-state index in [-0.39, 0.29) is 18.5 Å². The number of Topliss-reactive ketones (excluding diaryl/α,β-unsaturated/α-hetero) is 1. The van der Waals surface area contributed by atoms with Crippen molar-refractivity contribution >= 4 is 28.7 Å². The van der Waals surface area contributed by atoms with Crippen LogP contribution in [0.15, 0.2) is 29.0 Å². The summed E-state index contributed by atoms with van der Waals surface area (Å²) >= 11 is 1.64. The van der Waals surface area contributed by atoms with E-state index >= 15 is 0 Å². The van der Waals surface area contributed by atoms with Crippen LogP contribution < -0.4 is 19.7 Å². The predicted octanol–water partition coefficient (Wildman–Crippen LogP) is 1.33. The minimum Gasteiger partial charge on any atom is -0.454 e. The van der Waals surface area contributed by atoms with E-state index in [1.165, 1.54) is 12.5 Å². The maximum atomic E-state index is 12.3. The van der Waals surface area contributed by atoms with E-state index in [0.29, 0.717) is 29.3 Å². The Kier molecular flexibility index (Phi) is 4.82. The Hall–Kier alpha value is -2.38. The Bertz CT molecular complexity index is 758. The first-order chi connectivity index (χ1) is 11.5. The van der Waals surface area contributed by atoms with E-state index in [1.54, 1.807) is 23.5 Å². The van der Waals surface area contributed by atoms with Gasteiger partial charge in [-0.2, -0.15) is 11.3 Å². The van der Waals surface area contributed by atoms with E-state index in [9.17, 15) is 9.59 Å². The van der Waals surface area contributed by atoms with Crippen molar-refractivity contribution < 1.29 is 24.0 Å². The zero-order chi connectivity index (χ0) is 17.1. The van der Waals surface area contributed by atoms with Crippen molar-refractivity contribution in [2.75, 3.05) is 25.7 Å². The molecule has 1 unspecified atom stereocenters. The summed E-state index contributed by atoms with van der Waals surface area (Å²) in [7, 11) is 1.96. The van der Waals surface area contributed by atoms with Crippen LogP contribution in [0.4, 0.5) is 5.69 Å². The van der Waals surface area contributed by atoms with Crippen LogP contribution in [0.2, 0.25) is 0 Å². The summed E-state index contributed by atoms with van der Waals surface area (Å²) in [6, 6.07) is 5.31. The summed E-state index contributed by atoms with van der Waals surface area (Å²) in [5.41, 5.74) is 2.08. The molecule has 1 aliphatic rings. The van der Waals surface area contributed by atoms with Crippen LogP contribution in [0.1, 0.15) is 22.8 Å². The normalized spacial score (nSPS) is 13.6. The highest BCUT2D eigenvalue weighted by atomic mass is 32.1. The Balaban J connectivity index is 1.68. The number of hydrogen-bond acceptors (Lipinski definition) is 5. The monoisotopic (exact) mass is 347 g/mol. The van der Waals surface area contributed by atoms with Crippen LogP contribution in [-0.2, 0) is 11.3 Å². The number of anilines is 1. The number of ether oxygens (including phenoxy) is 2. The number of thiophene rings is 1. The van der Waals surface area contributed by atoms with Crippen LogP contribution >= 0.6 is 11.3 Å². The van der Waals surface area contributed by atoms with Crippen LogP contribution in [0, 0.1) is 0 Å². The van der Waals surface area contributed by atoms with Gasteiger partial charge in [0.2, 0.25) is 6.79 Å². The number of fused-ring (bicyclic) bond motifs is 1. The van der Waals surface area contributed by atoms with Crippen molar-refractivity contribution in [1.29, 1.82) is 0 Å². The zero-order valence-corrected chi connectivity index (χ0v) is 14.4. The van der Waals surface area contributed by atoms with Gasteiger partial charge in [-0.25, -0.2) is 0 Å². The highest BCUT2D eigenvalue weighted by molar-refractivity contribution is 7.07. The summed E-state index contributed by atoms with van der Waals surface area (Å²) < 4.78 is 10.6. The molecule has 2 N–H and O–H groups in total. The maximum Gasteiger partial charge on any atom is 0.279 e. The molecule has 3 rings (SSSR count). The smallest absolute Gasteiger partial charge is 0.279 e. The lowest BCUT2D eigenvalue weighted by atomic mass is 10.1. The van der Waals surface area contributed by atoms with Gasteiger partial charge in [0.15, 0.2) is 23.8 Å². The second-order valence-corrected chi connectivity index (χ2v) is 6.58. The number of carbonyl (C=O) groups excluding carboxylic acids is 2. The van der Waals surface area contributed by atoms with Crippen LogP contribution in [0.25, 0.3) is 0 Å². The minimum absolute atomic E-state index is 0.123. The van der Waals surface area contributed by atoms with Gasteiger partial charge in [-0.15, -0.1) is 0 Å². The lowest BCUT2D eigenvalue weighted by Crippen LogP contribution is -3.08. The van der Waals surface area contributed by atoms with Gasteiger partial charge in [-0.05, 0) is 29.8 Å². The number of carbonyl (C=O) groups is 2. The Morgan fingerprint density at radius 2 is 2.04 bits per heavy atom. The van der Waals surface area contributed by atoms with Gasteiger partial charge in [0.25, 0.3) is 5.91 Å². The summed E-state index contributed by atoms with van der Waals surface area (Å²) in [5, 5.41) is 6.92. The molecule has 1 atom stereocenters. The molecule has 0 radical (unpaired) electrons. The molecule has 2 heterocycles. The fourth-order valence-electron chi connectivity index (χ4n) is 2.61. The Morgan fingerprint density at radius 3 is 2.71 bits per heavy atom. The minimum atomic E-state index is -0.149. The van der Waals surface area contributed by atoms with Crippen molar-refractivity contribution in [1.82, 2.24) is 0 Å². The number of likely N-dealkylation sites (N-methyl/N-ethyl adjacent to an activating group) is 1. The van der Waals surface area contributed by atoms with E-state index in [0.717, 1.165) is 11.4 Å². The average molecular weight is 347 g/mol. The van der Waals surface area contributed by atoms with E-state index < -0.39 is 0 Å². The number of quaternary nitrogens is 1. The van der Waals surface area contributed by atoms with Crippen molar-refractivity contribution in [2.24, 2.45) is 0 Å². The third kappa shape index (κ3) is 3.74. The van der Waals surface area contributed by atoms with Crippen LogP contribution in [0.5, 0.6) is 11.5 Å². The number of nitrogens with one attached hydrogen (secondary N) is 2. The molecule has 24 heavy (non-hydrogen) atoms. The predicted molar refractivity (Wildman–Crippen MR) is 91.0 cm³/mol. The molecule has 2 aromatic rings. The van der Waals surface area contributed by atoms with Gasteiger partial charge in [-0.3, -0.25) is 9.59 Å². The number of rotatable bonds is 6. The van der Waals surface area contributed by atoms with Crippen molar-refractivity contribution in [3.63, 3.8) is 0 Å². The molecule has 1 aromatic carbocycles. The lowest BCUT2D eigenvalue weighted by Gasteiger charge is -2.14. The molecule has 126 valence electrons. The second kappa shape index (κ2) is 7.02. The number of hydrogen-bond donors (Lipinski definition) is 2. The number of amides is 1. The number of benzene rings is 1. The maximum absolute atomic E-state index is 12.3. The fourth-order valence-corrected chi connectivity index (χ4v) is 3.28. The molecular formula is C17H19N2O4S+. The molecule has 0 aliphatic carbocycles. The largest absolute Gasteiger partial charge is 0.454 e. The summed E-state index contributed by atoms with van der Waals surface area (Å²) in [6.07, 6.45) is 0. The molecule has 0 saturated carbocycles. The molecule has 6 nitrogen and oxygen atoms in total. The van der Waals surface area contributed by atoms with Gasteiger partial charge >= 0.3 is 0 Å². The molecule has 1 amide bonds. The molecule has 0 bridgehead atoms. The van der Waals surface area contributed by atoms with E-state index in [2.05, 4.69) is 16.8 Å². The topological polar surface area (TPSA) is 69.1 Å². The first kappa shape index (κ1) is 16.5. The molecule has 0 spiro atoms. The Morgan fingerprint density at radius 1 is 1.29 bits per heavy atom. The van der Waals surface area contributed by atoms with Gasteiger partial charge in [0.1, 0.15) is 6.54 Å². The first-order valence-electron chi connectivity index (χ1n) is 7.59. The van der Waals surface area contributed by atoms with Gasteiger partial charge in [0, 0.05) is 17.2 Å². The third-order valence-electron chi connectivity index (χ3n) is 3.71. The molecule has 1 aromatic heterocycles. The van der Waals surface area contributed by atoms with E-state index in [1.807, 2.05) is 12.4 Å². The number of ketones is 1. The SMILES string of the molecule is CC(=O)c1cc2c(cc1NC(=O)C[NH+](C)Cc1ccsc1)OCO2. The molecule has 0 fully saturated rings. The summed E-state index contributed by atoms with van der Waals surface area (Å²) in [5.74, 6) is 0.777. The zero-order valence-electron chi connectivity index (χ0n) is 13.5. The highest BCUT2D eigenvalue weighted by Crippen LogP contribution is 2.37. The van der Waals surface area contributed by atoms with Crippen LogP contribution in [0.3, 0.4) is 0 Å². The standard InChI is InChI=1S/C17H18N2O4S/c1-11(20)13-5-15-16(23-10-22-15)6-14(13)18-17(21)8-19(2)7-12-3-4-24-9-12/h3-6,9H,7-8,10H2,1-2H3,(H,18,21)/p+1. The van der Waals surface area contributed by atoms with Crippen molar-refractivity contribution in [3.05, 3.63) is 40.1 Å². The van der Waals surface area contributed by atoms with E-state index in [4.69, 9.17) is 9.47 Å². The second-order valence-electron chi connectivity index (χ2n) is 5.80. The van der Waals surface area contributed by atoms with Gasteiger partial charge < -0.3 is 19.7 Å². The van der Waals surface area contributed by atoms with Gasteiger partial charge in [-0.1, -0.05) is 0 Å². The first-order valence-corrected chi connectivity index (χ1v) is 8.54. The molecule has 0 saturated heterocycles. The van der Waals surface area contributed by atoms with Gasteiger partial charge in [0.05, 0.1) is 12.7 Å². The van der Waals surface area contributed by atoms with Crippen molar-refractivity contribution in [3.8, 4) is 11.5 Å². The summed E-state index contributed by atoms with van der Waals surface area (Å²) in [4.78, 5) is 25.2. The summed E-state index contributed by atoms with van der Waals surface area (Å²) in [6.45, 7) is 2.66. The van der Waals surface area contributed by atoms with Crippen LogP contribution in [-0.4, -0.2) is 32.1 Å². The molecular weight excluding hydrogens is 328 g/mol. The van der Waals surface area contributed by atoms with Crippen molar-refractivity contribution in [2.45, 2.75) is 13.5 Å². The average Bonchev–Trinajstić information content (AvgIpc) is 3.16. The fraction of sp³-hybridized carbons (Fsp3) is 0.294. The lowest BCUT2D eigenvalue weighted by molar-refractivity contribution is -0.885. The molecule has 7 heteroatoms. The highest BCUT2D eigenvalue weighted by Gasteiger charge is 2.21. The molecule has 1 aliphatic heterocycles. The Labute approximate surface area is 144 Å².